The average molecular weight is 255 g/mol. The molecule has 2 heterocycles. The van der Waals surface area contributed by atoms with Crippen LogP contribution in [0.1, 0.15) is 0 Å². The third-order valence-electron chi connectivity index (χ3n) is 2.49. The quantitative estimate of drug-likeness (QED) is 0.583. The summed E-state index contributed by atoms with van der Waals surface area (Å²) in [5, 5.41) is 0.610. The van der Waals surface area contributed by atoms with Gasteiger partial charge in [0.1, 0.15) is 11.6 Å². The number of aromatic nitrogens is 2. The number of likely N-dealkylation sites (N-methyl/N-ethyl adjacent to an activating group) is 1. The number of nitrogen functional groups attached to an aromatic ring is 2. The van der Waals surface area contributed by atoms with Crippen LogP contribution < -0.4 is 11.5 Å². The molecule has 1 atom stereocenters. The molecule has 1 unspecified atom stereocenters. The summed E-state index contributed by atoms with van der Waals surface area (Å²) in [6.07, 6.45) is 0.213. The van der Waals surface area contributed by atoms with E-state index < -0.39 is 0 Å². The summed E-state index contributed by atoms with van der Waals surface area (Å²) < 4.78 is 5.65. The zero-order valence-corrected chi connectivity index (χ0v) is 10.6. The first-order valence-electron chi connectivity index (χ1n) is 5.46. The van der Waals surface area contributed by atoms with Crippen molar-refractivity contribution in [3.63, 3.8) is 0 Å². The van der Waals surface area contributed by atoms with E-state index in [0.717, 1.165) is 25.4 Å². The van der Waals surface area contributed by atoms with E-state index >= 15 is 0 Å². The van der Waals surface area contributed by atoms with Gasteiger partial charge in [-0.1, -0.05) is 11.8 Å². The minimum atomic E-state index is 0.213. The Hall–Kier alpha value is -1.05. The highest BCUT2D eigenvalue weighted by atomic mass is 32.2. The molecule has 0 spiro atoms. The number of nitrogens with zero attached hydrogens (tertiary/aromatic N) is 3. The minimum Gasteiger partial charge on any atom is -0.383 e. The summed E-state index contributed by atoms with van der Waals surface area (Å²) in [4.78, 5) is 10.5. The Kier molecular flexibility index (Phi) is 4.03. The van der Waals surface area contributed by atoms with Crippen molar-refractivity contribution in [2.45, 2.75) is 11.3 Å². The molecule has 1 aromatic rings. The fraction of sp³-hybridized carbons (Fsp3) is 0.600. The van der Waals surface area contributed by atoms with Crippen LogP contribution in [-0.4, -0.2) is 53.5 Å². The molecule has 1 aromatic heterocycles. The van der Waals surface area contributed by atoms with Gasteiger partial charge in [0, 0.05) is 24.9 Å². The maximum absolute atomic E-state index is 5.65. The molecule has 0 saturated carbocycles. The summed E-state index contributed by atoms with van der Waals surface area (Å²) in [7, 11) is 2.09. The van der Waals surface area contributed by atoms with Crippen molar-refractivity contribution in [2.24, 2.45) is 0 Å². The molecule has 0 amide bonds. The summed E-state index contributed by atoms with van der Waals surface area (Å²) in [5.74, 6) is 1.62. The maximum Gasteiger partial charge on any atom is 0.191 e. The maximum atomic E-state index is 5.65. The van der Waals surface area contributed by atoms with Gasteiger partial charge in [0.05, 0.1) is 12.7 Å². The molecule has 17 heavy (non-hydrogen) atoms. The van der Waals surface area contributed by atoms with Gasteiger partial charge < -0.3 is 21.1 Å². The molecule has 0 aliphatic carbocycles. The van der Waals surface area contributed by atoms with Crippen molar-refractivity contribution in [3.8, 4) is 0 Å². The Labute approximate surface area is 105 Å². The predicted octanol–water partition coefficient (Wildman–Crippen LogP) is 0.0637. The number of rotatable bonds is 3. The Morgan fingerprint density at radius 2 is 2.18 bits per heavy atom. The number of anilines is 2. The first kappa shape index (κ1) is 12.4. The van der Waals surface area contributed by atoms with E-state index in [4.69, 9.17) is 16.2 Å². The normalized spacial score (nSPS) is 21.6. The summed E-state index contributed by atoms with van der Waals surface area (Å²) in [6, 6.07) is 1.55. The number of thioether (sulfide) groups is 1. The van der Waals surface area contributed by atoms with Crippen LogP contribution in [0.2, 0.25) is 0 Å². The lowest BCUT2D eigenvalue weighted by Crippen LogP contribution is -2.41. The first-order chi connectivity index (χ1) is 8.13. The molecule has 1 aliphatic rings. The molecular weight excluding hydrogens is 238 g/mol. The highest BCUT2D eigenvalue weighted by Gasteiger charge is 2.18. The number of morpholine rings is 1. The highest BCUT2D eigenvalue weighted by molar-refractivity contribution is 7.99. The Balaban J connectivity index is 1.88. The van der Waals surface area contributed by atoms with E-state index in [1.165, 1.54) is 11.8 Å². The largest absolute Gasteiger partial charge is 0.383 e. The fourth-order valence-electron chi connectivity index (χ4n) is 1.66. The number of nitrogens with two attached hydrogens (primary N) is 2. The molecule has 1 aliphatic heterocycles. The number of hydrogen-bond acceptors (Lipinski definition) is 7. The van der Waals surface area contributed by atoms with Gasteiger partial charge in [-0.25, -0.2) is 9.97 Å². The molecule has 2 rings (SSSR count). The first-order valence-corrected chi connectivity index (χ1v) is 6.45. The Bertz CT molecular complexity index is 369. The Morgan fingerprint density at radius 3 is 2.82 bits per heavy atom. The molecule has 1 saturated heterocycles. The zero-order chi connectivity index (χ0) is 12.3. The average Bonchev–Trinajstić information content (AvgIpc) is 2.25. The monoisotopic (exact) mass is 255 g/mol. The van der Waals surface area contributed by atoms with E-state index in [1.807, 2.05) is 0 Å². The van der Waals surface area contributed by atoms with E-state index in [9.17, 15) is 0 Å². The molecule has 7 heteroatoms. The lowest BCUT2D eigenvalue weighted by Gasteiger charge is -2.29. The third kappa shape index (κ3) is 3.72. The van der Waals surface area contributed by atoms with Crippen LogP contribution >= 0.6 is 11.8 Å². The van der Waals surface area contributed by atoms with E-state index in [-0.39, 0.29) is 6.10 Å². The molecule has 6 nitrogen and oxygen atoms in total. The van der Waals surface area contributed by atoms with Crippen molar-refractivity contribution in [2.75, 3.05) is 44.0 Å². The standard InChI is InChI=1S/C10H17N5OS/c1-15-2-3-16-7(5-15)6-17-10-13-8(11)4-9(12)14-10/h4,7H,2-3,5-6H2,1H3,(H4,11,12,13,14). The van der Waals surface area contributed by atoms with E-state index in [1.54, 1.807) is 6.07 Å². The molecular formula is C10H17N5OS. The molecule has 0 radical (unpaired) electrons. The number of hydrogen-bond donors (Lipinski definition) is 2. The Morgan fingerprint density at radius 1 is 1.47 bits per heavy atom. The van der Waals surface area contributed by atoms with Crippen LogP contribution in [-0.2, 0) is 4.74 Å². The number of ether oxygens (including phenoxy) is 1. The van der Waals surface area contributed by atoms with Crippen molar-refractivity contribution in [1.29, 1.82) is 0 Å². The topological polar surface area (TPSA) is 90.3 Å². The zero-order valence-electron chi connectivity index (χ0n) is 9.80. The van der Waals surface area contributed by atoms with Gasteiger partial charge in [-0.3, -0.25) is 0 Å². The van der Waals surface area contributed by atoms with Gasteiger partial charge in [-0.05, 0) is 7.05 Å². The van der Waals surface area contributed by atoms with Gasteiger partial charge in [-0.15, -0.1) is 0 Å². The van der Waals surface area contributed by atoms with Gasteiger partial charge in [0.2, 0.25) is 0 Å². The van der Waals surface area contributed by atoms with Crippen LogP contribution in [0.25, 0.3) is 0 Å². The smallest absolute Gasteiger partial charge is 0.191 e. The van der Waals surface area contributed by atoms with Crippen LogP contribution in [0.4, 0.5) is 11.6 Å². The van der Waals surface area contributed by atoms with Crippen molar-refractivity contribution in [3.05, 3.63) is 6.07 Å². The molecule has 1 fully saturated rings. The fourth-order valence-corrected chi connectivity index (χ4v) is 2.54. The molecule has 0 aromatic carbocycles. The van der Waals surface area contributed by atoms with Gasteiger partial charge in [0.25, 0.3) is 0 Å². The van der Waals surface area contributed by atoms with E-state index in [0.29, 0.717) is 16.8 Å². The summed E-state index contributed by atoms with van der Waals surface area (Å²) >= 11 is 1.52. The van der Waals surface area contributed by atoms with Gasteiger partial charge >= 0.3 is 0 Å². The van der Waals surface area contributed by atoms with Gasteiger partial charge in [-0.2, -0.15) is 0 Å². The molecule has 94 valence electrons. The van der Waals surface area contributed by atoms with Crippen molar-refractivity contribution >= 4 is 23.4 Å². The van der Waals surface area contributed by atoms with E-state index in [2.05, 4.69) is 21.9 Å². The lowest BCUT2D eigenvalue weighted by atomic mass is 10.3. The van der Waals surface area contributed by atoms with Crippen molar-refractivity contribution < 1.29 is 4.74 Å². The summed E-state index contributed by atoms with van der Waals surface area (Å²) in [6.45, 7) is 2.70. The lowest BCUT2D eigenvalue weighted by molar-refractivity contribution is -0.00600. The minimum absolute atomic E-state index is 0.213. The van der Waals surface area contributed by atoms with Crippen molar-refractivity contribution in [1.82, 2.24) is 14.9 Å². The third-order valence-corrected chi connectivity index (χ3v) is 3.46. The molecule has 4 N–H and O–H groups in total. The summed E-state index contributed by atoms with van der Waals surface area (Å²) in [5.41, 5.74) is 11.2. The van der Waals surface area contributed by atoms with Crippen LogP contribution in [0.3, 0.4) is 0 Å². The van der Waals surface area contributed by atoms with Crippen LogP contribution in [0, 0.1) is 0 Å². The van der Waals surface area contributed by atoms with Gasteiger partial charge in [0.15, 0.2) is 5.16 Å². The second kappa shape index (κ2) is 5.52. The highest BCUT2D eigenvalue weighted by Crippen LogP contribution is 2.19. The SMILES string of the molecule is CN1CCOC(CSc2nc(N)cc(N)n2)C1. The van der Waals surface area contributed by atoms with Crippen LogP contribution in [0.15, 0.2) is 11.2 Å². The molecule has 0 bridgehead atoms. The second-order valence-corrected chi connectivity index (χ2v) is 5.05. The van der Waals surface area contributed by atoms with Crippen LogP contribution in [0.5, 0.6) is 0 Å². The predicted molar refractivity (Wildman–Crippen MR) is 68.8 cm³/mol. The second-order valence-electron chi connectivity index (χ2n) is 4.07.